The van der Waals surface area contributed by atoms with Crippen LogP contribution in [-0.4, -0.2) is 23.0 Å². The fourth-order valence-electron chi connectivity index (χ4n) is 1.11. The highest BCUT2D eigenvalue weighted by atomic mass is 16.4. The van der Waals surface area contributed by atoms with Crippen molar-refractivity contribution in [2.24, 2.45) is 5.92 Å². The van der Waals surface area contributed by atoms with Crippen LogP contribution in [0.1, 0.15) is 19.8 Å². The van der Waals surface area contributed by atoms with Crippen LogP contribution in [0.5, 0.6) is 0 Å². The van der Waals surface area contributed by atoms with Crippen molar-refractivity contribution in [2.45, 2.75) is 25.8 Å². The van der Waals surface area contributed by atoms with Crippen molar-refractivity contribution in [2.75, 3.05) is 0 Å². The first kappa shape index (κ1) is 8.04. The van der Waals surface area contributed by atoms with E-state index in [9.17, 15) is 9.59 Å². The number of aliphatic carboxylic acids is 1. The standard InChI is InChI=1S/C7H11NO3/c1-2-4-3-5(4)8-6(9)7(10)11/h4-5H,2-3H2,1H3,(H,8,9)(H,10,11)/t4-,5-/m1/s1. The monoisotopic (exact) mass is 157 g/mol. The number of rotatable bonds is 2. The summed E-state index contributed by atoms with van der Waals surface area (Å²) in [6, 6.07) is 0.114. The fraction of sp³-hybridized carbons (Fsp3) is 0.714. The third-order valence-electron chi connectivity index (χ3n) is 1.96. The maximum atomic E-state index is 10.5. The van der Waals surface area contributed by atoms with Crippen molar-refractivity contribution in [3.05, 3.63) is 0 Å². The van der Waals surface area contributed by atoms with Crippen LogP contribution in [0.3, 0.4) is 0 Å². The summed E-state index contributed by atoms with van der Waals surface area (Å²) in [6.07, 6.45) is 1.93. The van der Waals surface area contributed by atoms with E-state index in [1.807, 2.05) is 6.92 Å². The van der Waals surface area contributed by atoms with Gasteiger partial charge in [0.2, 0.25) is 0 Å². The highest BCUT2D eigenvalue weighted by Crippen LogP contribution is 2.32. The molecule has 0 aromatic heterocycles. The highest BCUT2D eigenvalue weighted by Gasteiger charge is 2.37. The minimum atomic E-state index is -1.40. The number of nitrogens with one attached hydrogen (secondary N) is 1. The van der Waals surface area contributed by atoms with E-state index in [0.29, 0.717) is 5.92 Å². The lowest BCUT2D eigenvalue weighted by atomic mass is 10.3. The summed E-state index contributed by atoms with van der Waals surface area (Å²) in [5, 5.41) is 10.6. The van der Waals surface area contributed by atoms with Crippen molar-refractivity contribution >= 4 is 11.9 Å². The molecule has 62 valence electrons. The Balaban J connectivity index is 2.23. The van der Waals surface area contributed by atoms with Gasteiger partial charge < -0.3 is 10.4 Å². The van der Waals surface area contributed by atoms with E-state index in [1.165, 1.54) is 0 Å². The van der Waals surface area contributed by atoms with Crippen molar-refractivity contribution in [3.8, 4) is 0 Å². The average molecular weight is 157 g/mol. The first-order valence-electron chi connectivity index (χ1n) is 3.69. The summed E-state index contributed by atoms with van der Waals surface area (Å²) < 4.78 is 0. The molecule has 1 fully saturated rings. The van der Waals surface area contributed by atoms with E-state index < -0.39 is 11.9 Å². The normalized spacial score (nSPS) is 27.7. The summed E-state index contributed by atoms with van der Waals surface area (Å²) in [7, 11) is 0. The predicted octanol–water partition coefficient (Wildman–Crippen LogP) is -0.0143. The molecule has 0 unspecified atom stereocenters. The maximum Gasteiger partial charge on any atom is 0.394 e. The Labute approximate surface area is 64.6 Å². The highest BCUT2D eigenvalue weighted by molar-refractivity contribution is 6.31. The zero-order valence-electron chi connectivity index (χ0n) is 6.33. The van der Waals surface area contributed by atoms with Crippen LogP contribution in [-0.2, 0) is 9.59 Å². The molecule has 4 heteroatoms. The topological polar surface area (TPSA) is 66.4 Å². The zero-order valence-corrected chi connectivity index (χ0v) is 6.33. The van der Waals surface area contributed by atoms with Crippen LogP contribution in [0.15, 0.2) is 0 Å². The molecule has 0 radical (unpaired) electrons. The van der Waals surface area contributed by atoms with Crippen molar-refractivity contribution in [1.29, 1.82) is 0 Å². The van der Waals surface area contributed by atoms with E-state index in [1.54, 1.807) is 0 Å². The van der Waals surface area contributed by atoms with Gasteiger partial charge in [0.05, 0.1) is 0 Å². The van der Waals surface area contributed by atoms with Gasteiger partial charge in [-0.05, 0) is 12.3 Å². The third-order valence-corrected chi connectivity index (χ3v) is 1.96. The molecule has 0 saturated heterocycles. The second-order valence-electron chi connectivity index (χ2n) is 2.79. The van der Waals surface area contributed by atoms with Crippen LogP contribution in [0.4, 0.5) is 0 Å². The van der Waals surface area contributed by atoms with Crippen molar-refractivity contribution < 1.29 is 14.7 Å². The quantitative estimate of drug-likeness (QED) is 0.554. The lowest BCUT2D eigenvalue weighted by molar-refractivity contribution is -0.150. The molecule has 0 aromatic rings. The first-order valence-corrected chi connectivity index (χ1v) is 3.69. The largest absolute Gasteiger partial charge is 0.474 e. The van der Waals surface area contributed by atoms with Crippen LogP contribution in [0, 0.1) is 5.92 Å². The summed E-state index contributed by atoms with van der Waals surface area (Å²) >= 11 is 0. The fourth-order valence-corrected chi connectivity index (χ4v) is 1.11. The third kappa shape index (κ3) is 1.93. The molecule has 1 rings (SSSR count). The van der Waals surface area contributed by atoms with Gasteiger partial charge >= 0.3 is 11.9 Å². The second kappa shape index (κ2) is 2.90. The van der Waals surface area contributed by atoms with Crippen LogP contribution < -0.4 is 5.32 Å². The summed E-state index contributed by atoms with van der Waals surface area (Å²) in [5.74, 6) is -1.78. The molecule has 1 aliphatic carbocycles. The van der Waals surface area contributed by atoms with Gasteiger partial charge in [0, 0.05) is 6.04 Å². The summed E-state index contributed by atoms with van der Waals surface area (Å²) in [5.41, 5.74) is 0. The Bertz CT molecular complexity index is 190. The van der Waals surface area contributed by atoms with Gasteiger partial charge in [0.15, 0.2) is 0 Å². The van der Waals surface area contributed by atoms with E-state index in [0.717, 1.165) is 12.8 Å². The lowest BCUT2D eigenvalue weighted by Crippen LogP contribution is -2.33. The van der Waals surface area contributed by atoms with Gasteiger partial charge in [0.25, 0.3) is 0 Å². The number of carboxylic acids is 1. The Hall–Kier alpha value is -1.06. The summed E-state index contributed by atoms with van der Waals surface area (Å²) in [6.45, 7) is 2.03. The first-order chi connectivity index (χ1) is 5.15. The lowest BCUT2D eigenvalue weighted by Gasteiger charge is -1.97. The maximum absolute atomic E-state index is 10.5. The van der Waals surface area contributed by atoms with E-state index in [2.05, 4.69) is 5.32 Å². The number of hydrogen-bond donors (Lipinski definition) is 2. The molecule has 4 nitrogen and oxygen atoms in total. The minimum absolute atomic E-state index is 0.114. The Kier molecular flexibility index (Phi) is 2.12. The molecule has 1 aliphatic rings. The number of carbonyl (C=O) groups excluding carboxylic acids is 1. The molecule has 0 spiro atoms. The van der Waals surface area contributed by atoms with E-state index in [-0.39, 0.29) is 6.04 Å². The van der Waals surface area contributed by atoms with Crippen LogP contribution >= 0.6 is 0 Å². The second-order valence-corrected chi connectivity index (χ2v) is 2.79. The Morgan fingerprint density at radius 3 is 2.64 bits per heavy atom. The Morgan fingerprint density at radius 1 is 1.64 bits per heavy atom. The molecule has 1 amide bonds. The number of carbonyl (C=O) groups is 2. The average Bonchev–Trinajstić information content (AvgIpc) is 2.67. The van der Waals surface area contributed by atoms with Gasteiger partial charge in [-0.15, -0.1) is 0 Å². The molecular formula is C7H11NO3. The van der Waals surface area contributed by atoms with E-state index in [4.69, 9.17) is 5.11 Å². The van der Waals surface area contributed by atoms with E-state index >= 15 is 0 Å². The molecule has 11 heavy (non-hydrogen) atoms. The smallest absolute Gasteiger partial charge is 0.394 e. The SMILES string of the molecule is CC[C@@H]1C[C@H]1NC(=O)C(=O)O. The van der Waals surface area contributed by atoms with Crippen molar-refractivity contribution in [1.82, 2.24) is 5.32 Å². The van der Waals surface area contributed by atoms with Gasteiger partial charge in [-0.3, -0.25) is 4.79 Å². The summed E-state index contributed by atoms with van der Waals surface area (Å²) in [4.78, 5) is 20.6. The molecule has 2 N–H and O–H groups in total. The molecule has 0 aromatic carbocycles. The van der Waals surface area contributed by atoms with Gasteiger partial charge in [-0.2, -0.15) is 0 Å². The molecule has 0 heterocycles. The molecular weight excluding hydrogens is 146 g/mol. The zero-order chi connectivity index (χ0) is 8.43. The van der Waals surface area contributed by atoms with Crippen molar-refractivity contribution in [3.63, 3.8) is 0 Å². The number of hydrogen-bond acceptors (Lipinski definition) is 2. The molecule has 0 bridgehead atoms. The number of carboxylic acid groups (broad SMARTS) is 1. The predicted molar refractivity (Wildman–Crippen MR) is 38.0 cm³/mol. The Morgan fingerprint density at radius 2 is 2.27 bits per heavy atom. The molecule has 2 atom stereocenters. The van der Waals surface area contributed by atoms with Gasteiger partial charge in [0.1, 0.15) is 0 Å². The van der Waals surface area contributed by atoms with Crippen LogP contribution in [0.25, 0.3) is 0 Å². The minimum Gasteiger partial charge on any atom is -0.474 e. The van der Waals surface area contributed by atoms with Gasteiger partial charge in [-0.25, -0.2) is 4.79 Å². The van der Waals surface area contributed by atoms with Crippen LogP contribution in [0.2, 0.25) is 0 Å². The van der Waals surface area contributed by atoms with Gasteiger partial charge in [-0.1, -0.05) is 13.3 Å². The number of amides is 1. The molecule has 1 saturated carbocycles. The molecule has 0 aliphatic heterocycles.